The van der Waals surface area contributed by atoms with Gasteiger partial charge in [0.1, 0.15) is 11.4 Å². The van der Waals surface area contributed by atoms with E-state index in [0.29, 0.717) is 5.56 Å². The van der Waals surface area contributed by atoms with Gasteiger partial charge < -0.3 is 20.3 Å². The molecule has 1 heterocycles. The largest absolute Gasteiger partial charge is 0.397 e. The minimum atomic E-state index is -0.570. The molecule has 1 aromatic heterocycles. The molecule has 0 aliphatic heterocycles. The normalized spacial score (nSPS) is 12.6. The highest BCUT2D eigenvalue weighted by molar-refractivity contribution is 5.99. The highest BCUT2D eigenvalue weighted by Gasteiger charge is 2.25. The van der Waals surface area contributed by atoms with Gasteiger partial charge in [0.15, 0.2) is 0 Å². The van der Waals surface area contributed by atoms with E-state index in [2.05, 4.69) is 10.6 Å². The fourth-order valence-electron chi connectivity index (χ4n) is 2.50. The van der Waals surface area contributed by atoms with Crippen LogP contribution in [0.4, 0.5) is 4.39 Å². The summed E-state index contributed by atoms with van der Waals surface area (Å²) in [6.07, 6.45) is 3.26. The summed E-state index contributed by atoms with van der Waals surface area (Å²) in [5.41, 5.74) is 0.125. The first-order valence-corrected chi connectivity index (χ1v) is 9.02. The lowest BCUT2D eigenvalue weighted by molar-refractivity contribution is 0.0950. The van der Waals surface area contributed by atoms with Gasteiger partial charge in [0.25, 0.3) is 17.4 Å². The van der Waals surface area contributed by atoms with E-state index in [0.717, 1.165) is 12.8 Å². The van der Waals surface area contributed by atoms with Gasteiger partial charge in [0.05, 0.1) is 12.1 Å². The SMILES string of the molecule is CCO.CNC(=O)c1cc(C(=O)NC2CC2)cn(Cc2cccc(F)c2)c1=O. The molecular weight excluding hydrogens is 365 g/mol. The molecule has 2 aromatic rings. The molecule has 3 rings (SSSR count). The Labute approximate surface area is 162 Å². The number of pyridine rings is 1. The third kappa shape index (κ3) is 5.75. The molecule has 3 N–H and O–H groups in total. The number of rotatable bonds is 5. The molecule has 2 amide bonds. The molecule has 0 radical (unpaired) electrons. The number of amides is 2. The van der Waals surface area contributed by atoms with Crippen molar-refractivity contribution < 1.29 is 19.1 Å². The molecule has 8 heteroatoms. The minimum Gasteiger partial charge on any atom is -0.397 e. The molecule has 0 spiro atoms. The molecule has 1 aromatic carbocycles. The molecule has 0 unspecified atom stereocenters. The Hall–Kier alpha value is -3.00. The summed E-state index contributed by atoms with van der Waals surface area (Å²) in [5.74, 6) is -1.32. The quantitative estimate of drug-likeness (QED) is 0.717. The van der Waals surface area contributed by atoms with Crippen molar-refractivity contribution in [3.05, 3.63) is 69.4 Å². The number of aliphatic hydroxyl groups is 1. The second-order valence-corrected chi connectivity index (χ2v) is 6.35. The van der Waals surface area contributed by atoms with Crippen LogP contribution in [0.2, 0.25) is 0 Å². The zero-order valence-electron chi connectivity index (χ0n) is 15.9. The van der Waals surface area contributed by atoms with E-state index in [4.69, 9.17) is 5.11 Å². The molecular formula is C20H24FN3O4. The molecule has 1 saturated carbocycles. The van der Waals surface area contributed by atoms with Gasteiger partial charge in [-0.05, 0) is 43.5 Å². The van der Waals surface area contributed by atoms with Gasteiger partial charge in [-0.1, -0.05) is 12.1 Å². The Balaban J connectivity index is 0.000000878. The maximum absolute atomic E-state index is 13.4. The predicted molar refractivity (Wildman–Crippen MR) is 103 cm³/mol. The van der Waals surface area contributed by atoms with Crippen LogP contribution in [-0.4, -0.2) is 41.2 Å². The topological polar surface area (TPSA) is 100 Å². The average molecular weight is 389 g/mol. The number of nitrogens with one attached hydrogen (secondary N) is 2. The monoisotopic (exact) mass is 389 g/mol. The van der Waals surface area contributed by atoms with E-state index < -0.39 is 17.3 Å². The van der Waals surface area contributed by atoms with Crippen molar-refractivity contribution in [1.29, 1.82) is 0 Å². The van der Waals surface area contributed by atoms with Crippen molar-refractivity contribution >= 4 is 11.8 Å². The number of aromatic nitrogens is 1. The van der Waals surface area contributed by atoms with Crippen molar-refractivity contribution in [2.45, 2.75) is 32.4 Å². The Morgan fingerprint density at radius 2 is 1.93 bits per heavy atom. The highest BCUT2D eigenvalue weighted by Crippen LogP contribution is 2.19. The number of nitrogens with zero attached hydrogens (tertiary/aromatic N) is 1. The van der Waals surface area contributed by atoms with Gasteiger partial charge in [-0.2, -0.15) is 0 Å². The predicted octanol–water partition coefficient (Wildman–Crippen LogP) is 1.29. The van der Waals surface area contributed by atoms with E-state index in [1.807, 2.05) is 0 Å². The van der Waals surface area contributed by atoms with Gasteiger partial charge in [0, 0.05) is 25.9 Å². The first-order valence-electron chi connectivity index (χ1n) is 9.02. The fraction of sp³-hybridized carbons (Fsp3) is 0.350. The van der Waals surface area contributed by atoms with Crippen LogP contribution < -0.4 is 16.2 Å². The van der Waals surface area contributed by atoms with E-state index in [1.54, 1.807) is 19.1 Å². The molecule has 1 aliphatic rings. The summed E-state index contributed by atoms with van der Waals surface area (Å²) in [7, 11) is 1.41. The van der Waals surface area contributed by atoms with Gasteiger partial charge >= 0.3 is 0 Å². The lowest BCUT2D eigenvalue weighted by Gasteiger charge is -2.12. The maximum atomic E-state index is 13.4. The number of carbonyl (C=O) groups excluding carboxylic acids is 2. The smallest absolute Gasteiger partial charge is 0.263 e. The van der Waals surface area contributed by atoms with Gasteiger partial charge in [0.2, 0.25) is 0 Å². The van der Waals surface area contributed by atoms with Crippen LogP contribution in [0.5, 0.6) is 0 Å². The summed E-state index contributed by atoms with van der Waals surface area (Å²) in [6.45, 7) is 1.99. The summed E-state index contributed by atoms with van der Waals surface area (Å²) in [4.78, 5) is 36.8. The number of halogens is 1. The van der Waals surface area contributed by atoms with Crippen LogP contribution in [0.3, 0.4) is 0 Å². The summed E-state index contributed by atoms with van der Waals surface area (Å²) >= 11 is 0. The van der Waals surface area contributed by atoms with E-state index in [1.165, 1.54) is 36.0 Å². The number of aliphatic hydroxyl groups excluding tert-OH is 1. The highest BCUT2D eigenvalue weighted by atomic mass is 19.1. The number of hydrogen-bond acceptors (Lipinski definition) is 4. The number of carbonyl (C=O) groups is 2. The van der Waals surface area contributed by atoms with Crippen LogP contribution in [-0.2, 0) is 6.54 Å². The Morgan fingerprint density at radius 1 is 1.25 bits per heavy atom. The first-order chi connectivity index (χ1) is 13.4. The van der Waals surface area contributed by atoms with Gasteiger partial charge in [-0.3, -0.25) is 14.4 Å². The Bertz CT molecular complexity index is 907. The summed E-state index contributed by atoms with van der Waals surface area (Å²) in [6, 6.07) is 7.27. The summed E-state index contributed by atoms with van der Waals surface area (Å²) < 4.78 is 14.6. The van der Waals surface area contributed by atoms with Gasteiger partial charge in [-0.25, -0.2) is 4.39 Å². The summed E-state index contributed by atoms with van der Waals surface area (Å²) in [5, 5.41) is 12.8. The molecule has 0 saturated heterocycles. The van der Waals surface area contributed by atoms with Crippen molar-refractivity contribution in [2.24, 2.45) is 0 Å². The molecule has 28 heavy (non-hydrogen) atoms. The number of hydrogen-bond donors (Lipinski definition) is 3. The third-order valence-electron chi connectivity index (χ3n) is 3.97. The lowest BCUT2D eigenvalue weighted by atomic mass is 10.1. The zero-order valence-corrected chi connectivity index (χ0v) is 15.9. The second-order valence-electron chi connectivity index (χ2n) is 6.35. The Morgan fingerprint density at radius 3 is 2.50 bits per heavy atom. The molecule has 1 aliphatic carbocycles. The standard InChI is InChI=1S/C18H18FN3O3.C2H6O/c1-20-17(24)15-8-12(16(23)21-14-5-6-14)10-22(18(15)25)9-11-3-2-4-13(19)7-11;1-2-3/h2-4,7-8,10,14H,5-6,9H2,1H3,(H,20,24)(H,21,23);3H,2H2,1H3. The van der Waals surface area contributed by atoms with Gasteiger partial charge in [-0.15, -0.1) is 0 Å². The van der Waals surface area contributed by atoms with E-state index >= 15 is 0 Å². The molecule has 0 atom stereocenters. The van der Waals surface area contributed by atoms with Crippen LogP contribution >= 0.6 is 0 Å². The minimum absolute atomic E-state index is 0.0607. The molecule has 150 valence electrons. The fourth-order valence-corrected chi connectivity index (χ4v) is 2.50. The molecule has 7 nitrogen and oxygen atoms in total. The first kappa shape index (κ1) is 21.3. The average Bonchev–Trinajstić information content (AvgIpc) is 3.47. The number of benzene rings is 1. The van der Waals surface area contributed by atoms with Crippen molar-refractivity contribution in [3.8, 4) is 0 Å². The van der Waals surface area contributed by atoms with E-state index in [-0.39, 0.29) is 36.2 Å². The van der Waals surface area contributed by atoms with Crippen LogP contribution in [0.15, 0.2) is 41.3 Å². The van der Waals surface area contributed by atoms with Crippen LogP contribution in [0, 0.1) is 5.82 Å². The van der Waals surface area contributed by atoms with Crippen molar-refractivity contribution in [3.63, 3.8) is 0 Å². The Kier molecular flexibility index (Phi) is 7.45. The van der Waals surface area contributed by atoms with Crippen molar-refractivity contribution in [1.82, 2.24) is 15.2 Å². The van der Waals surface area contributed by atoms with Crippen LogP contribution in [0.25, 0.3) is 0 Å². The molecule has 1 fully saturated rings. The van der Waals surface area contributed by atoms with Crippen molar-refractivity contribution in [2.75, 3.05) is 13.7 Å². The molecule has 0 bridgehead atoms. The maximum Gasteiger partial charge on any atom is 0.263 e. The lowest BCUT2D eigenvalue weighted by Crippen LogP contribution is -2.34. The van der Waals surface area contributed by atoms with E-state index in [9.17, 15) is 18.8 Å². The van der Waals surface area contributed by atoms with Crippen LogP contribution in [0.1, 0.15) is 46.0 Å². The zero-order chi connectivity index (χ0) is 20.7. The second kappa shape index (κ2) is 9.80. The third-order valence-corrected chi connectivity index (χ3v) is 3.97.